The molecule has 0 fully saturated rings. The molecule has 166 valence electrons. The average molecular weight is 476 g/mol. The van der Waals surface area contributed by atoms with Crippen LogP contribution in [0.15, 0.2) is 39.4 Å². The number of benzene rings is 1. The minimum Gasteiger partial charge on any atom is -0.495 e. The van der Waals surface area contributed by atoms with E-state index in [2.05, 4.69) is 10.0 Å². The van der Waals surface area contributed by atoms with Gasteiger partial charge >= 0.3 is 0 Å². The Kier molecular flexibility index (Phi) is 7.86. The van der Waals surface area contributed by atoms with Gasteiger partial charge in [0, 0.05) is 24.9 Å². The van der Waals surface area contributed by atoms with Crippen LogP contribution in [-0.2, 0) is 31.4 Å². The highest BCUT2D eigenvalue weighted by Crippen LogP contribution is 2.32. The second-order valence-electron chi connectivity index (χ2n) is 6.19. The quantitative estimate of drug-likeness (QED) is 0.543. The molecular weight excluding hydrogens is 450 g/mol. The van der Waals surface area contributed by atoms with E-state index in [0.717, 1.165) is 11.3 Å². The summed E-state index contributed by atoms with van der Waals surface area (Å²) in [7, 11) is -6.40. The highest BCUT2D eigenvalue weighted by Gasteiger charge is 2.25. The molecule has 1 aromatic carbocycles. The van der Waals surface area contributed by atoms with E-state index in [9.17, 15) is 21.6 Å². The molecule has 0 aliphatic heterocycles. The molecule has 2 rings (SSSR count). The van der Waals surface area contributed by atoms with E-state index in [1.165, 1.54) is 42.6 Å². The second kappa shape index (κ2) is 9.77. The number of nitrogens with zero attached hydrogens (tertiary/aromatic N) is 1. The predicted molar refractivity (Wildman–Crippen MR) is 116 cm³/mol. The summed E-state index contributed by atoms with van der Waals surface area (Å²) in [6.07, 6.45) is 0. The number of hydrogen-bond donors (Lipinski definition) is 2. The summed E-state index contributed by atoms with van der Waals surface area (Å²) in [4.78, 5) is 11.7. The Labute approximate surface area is 181 Å². The van der Waals surface area contributed by atoms with Crippen molar-refractivity contribution in [1.29, 1.82) is 0 Å². The number of ether oxygens (including phenoxy) is 1. The van der Waals surface area contributed by atoms with Crippen molar-refractivity contribution in [2.45, 2.75) is 36.4 Å². The predicted octanol–water partition coefficient (Wildman–Crippen LogP) is 2.22. The van der Waals surface area contributed by atoms with Crippen molar-refractivity contribution in [3.63, 3.8) is 0 Å². The van der Waals surface area contributed by atoms with Gasteiger partial charge in [-0.2, -0.15) is 4.31 Å². The van der Waals surface area contributed by atoms with E-state index in [1.807, 2.05) is 0 Å². The molecule has 0 aliphatic rings. The van der Waals surface area contributed by atoms with Crippen LogP contribution in [0.3, 0.4) is 0 Å². The van der Waals surface area contributed by atoms with Gasteiger partial charge in [0.2, 0.25) is 15.9 Å². The molecule has 0 atom stereocenters. The van der Waals surface area contributed by atoms with Crippen molar-refractivity contribution in [3.05, 3.63) is 35.2 Å². The van der Waals surface area contributed by atoms with Crippen molar-refractivity contribution >= 4 is 43.0 Å². The summed E-state index contributed by atoms with van der Waals surface area (Å²) in [6.45, 7) is 5.62. The maximum Gasteiger partial charge on any atom is 0.271 e. The van der Waals surface area contributed by atoms with E-state index in [4.69, 9.17) is 4.74 Å². The van der Waals surface area contributed by atoms with Crippen LogP contribution < -0.4 is 14.8 Å². The third-order valence-corrected chi connectivity index (χ3v) is 9.16. The topological polar surface area (TPSA) is 122 Å². The highest BCUT2D eigenvalue weighted by molar-refractivity contribution is 7.94. The lowest BCUT2D eigenvalue weighted by atomic mass is 10.3. The zero-order valence-electron chi connectivity index (χ0n) is 17.1. The van der Waals surface area contributed by atoms with Gasteiger partial charge in [-0.15, -0.1) is 11.3 Å². The molecule has 0 radical (unpaired) electrons. The first-order chi connectivity index (χ1) is 14.0. The number of carbonyl (C=O) groups excluding carboxylic acids is 1. The number of hydrogen-bond acceptors (Lipinski definition) is 7. The van der Waals surface area contributed by atoms with Crippen LogP contribution in [0.4, 0.5) is 5.69 Å². The highest BCUT2D eigenvalue weighted by atomic mass is 32.2. The van der Waals surface area contributed by atoms with Crippen LogP contribution in [0.1, 0.15) is 25.6 Å². The molecule has 1 amide bonds. The minimum absolute atomic E-state index is 0.0162. The van der Waals surface area contributed by atoms with Gasteiger partial charge in [0.15, 0.2) is 0 Å². The van der Waals surface area contributed by atoms with Crippen molar-refractivity contribution in [1.82, 2.24) is 9.62 Å². The fraction of sp³-hybridized carbons (Fsp3) is 0.389. The van der Waals surface area contributed by atoms with Crippen molar-refractivity contribution in [2.24, 2.45) is 0 Å². The molecular formula is C18H25N3O6S3. The smallest absolute Gasteiger partial charge is 0.271 e. The average Bonchev–Trinajstić information content (AvgIpc) is 3.17. The van der Waals surface area contributed by atoms with E-state index in [0.29, 0.717) is 4.88 Å². The zero-order valence-corrected chi connectivity index (χ0v) is 19.6. The van der Waals surface area contributed by atoms with Crippen LogP contribution in [0, 0.1) is 0 Å². The number of methoxy groups -OCH3 is 1. The molecule has 30 heavy (non-hydrogen) atoms. The van der Waals surface area contributed by atoms with E-state index in [1.54, 1.807) is 19.9 Å². The summed E-state index contributed by atoms with van der Waals surface area (Å²) in [5, 5.41) is 2.61. The van der Waals surface area contributed by atoms with Crippen molar-refractivity contribution in [3.8, 4) is 5.75 Å². The van der Waals surface area contributed by atoms with Crippen LogP contribution in [0.25, 0.3) is 0 Å². The van der Waals surface area contributed by atoms with Crippen LogP contribution in [-0.4, -0.2) is 47.2 Å². The summed E-state index contributed by atoms with van der Waals surface area (Å²) in [6, 6.07) is 7.06. The summed E-state index contributed by atoms with van der Waals surface area (Å²) < 4.78 is 60.1. The number of anilines is 1. The number of amides is 1. The third-order valence-electron chi connectivity index (χ3n) is 4.17. The molecule has 0 saturated heterocycles. The van der Waals surface area contributed by atoms with Gasteiger partial charge in [-0.05, 0) is 30.3 Å². The summed E-state index contributed by atoms with van der Waals surface area (Å²) >= 11 is 1.00. The monoisotopic (exact) mass is 475 g/mol. The Morgan fingerprint density at radius 2 is 1.77 bits per heavy atom. The molecule has 0 saturated carbocycles. The summed E-state index contributed by atoms with van der Waals surface area (Å²) in [5.41, 5.74) is 0.0162. The molecule has 1 aromatic heterocycles. The number of rotatable bonds is 10. The van der Waals surface area contributed by atoms with Crippen LogP contribution in [0.2, 0.25) is 0 Å². The Balaban J connectivity index is 2.38. The Morgan fingerprint density at radius 3 is 2.33 bits per heavy atom. The standard InChI is InChI=1S/C18H25N3O6S3/c1-5-21(6-2)30(25,26)15-8-9-17(27-4)16(11-15)20-29(23,24)18-10-7-14(28-18)12-19-13(3)22/h7-11,20H,5-6,12H2,1-4H3,(H,19,22). The molecule has 1 heterocycles. The first-order valence-electron chi connectivity index (χ1n) is 9.09. The van der Waals surface area contributed by atoms with Gasteiger partial charge in [-0.3, -0.25) is 9.52 Å². The number of sulfonamides is 2. The molecule has 0 spiro atoms. The van der Waals surface area contributed by atoms with Gasteiger partial charge in [-0.25, -0.2) is 16.8 Å². The van der Waals surface area contributed by atoms with Gasteiger partial charge in [0.05, 0.1) is 24.2 Å². The molecule has 12 heteroatoms. The van der Waals surface area contributed by atoms with E-state index < -0.39 is 20.0 Å². The van der Waals surface area contributed by atoms with Gasteiger partial charge < -0.3 is 10.1 Å². The normalized spacial score (nSPS) is 12.0. The first-order valence-corrected chi connectivity index (χ1v) is 12.8. The maximum atomic E-state index is 12.8. The SMILES string of the molecule is CCN(CC)S(=O)(=O)c1ccc(OC)c(NS(=O)(=O)c2ccc(CNC(C)=O)s2)c1. The first kappa shape index (κ1) is 24.1. The van der Waals surface area contributed by atoms with Crippen LogP contribution >= 0.6 is 11.3 Å². The summed E-state index contributed by atoms with van der Waals surface area (Å²) in [5.74, 6) is -0.0333. The van der Waals surface area contributed by atoms with Gasteiger partial charge in [0.25, 0.3) is 10.0 Å². The van der Waals surface area contributed by atoms with Crippen molar-refractivity contribution < 1.29 is 26.4 Å². The lowest BCUT2D eigenvalue weighted by molar-refractivity contribution is -0.119. The number of thiophene rings is 1. The molecule has 0 aliphatic carbocycles. The third kappa shape index (κ3) is 5.50. The molecule has 2 aromatic rings. The molecule has 0 unspecified atom stereocenters. The molecule has 2 N–H and O–H groups in total. The lowest BCUT2D eigenvalue weighted by Gasteiger charge is -2.19. The van der Waals surface area contributed by atoms with E-state index >= 15 is 0 Å². The van der Waals surface area contributed by atoms with Gasteiger partial charge in [-0.1, -0.05) is 13.8 Å². The Bertz CT molecular complexity index is 1110. The molecule has 0 bridgehead atoms. The Morgan fingerprint density at radius 1 is 1.10 bits per heavy atom. The zero-order chi connectivity index (χ0) is 22.5. The molecule has 9 nitrogen and oxygen atoms in total. The fourth-order valence-corrected chi connectivity index (χ4v) is 6.49. The number of nitrogens with one attached hydrogen (secondary N) is 2. The van der Waals surface area contributed by atoms with Crippen LogP contribution in [0.5, 0.6) is 5.75 Å². The van der Waals surface area contributed by atoms with E-state index in [-0.39, 0.29) is 46.1 Å². The second-order valence-corrected chi connectivity index (χ2v) is 11.2. The Hall–Kier alpha value is -2.15. The fourth-order valence-electron chi connectivity index (χ4n) is 2.64. The lowest BCUT2D eigenvalue weighted by Crippen LogP contribution is -2.30. The van der Waals surface area contributed by atoms with Gasteiger partial charge in [0.1, 0.15) is 9.96 Å². The maximum absolute atomic E-state index is 12.8. The largest absolute Gasteiger partial charge is 0.495 e. The van der Waals surface area contributed by atoms with Crippen molar-refractivity contribution in [2.75, 3.05) is 24.9 Å². The minimum atomic E-state index is -3.99. The number of carbonyl (C=O) groups is 1.